The molecule has 4 heteroatoms. The van der Waals surface area contributed by atoms with Crippen LogP contribution in [-0.2, 0) is 0 Å². The molecule has 2 nitrogen and oxygen atoms in total. The summed E-state index contributed by atoms with van der Waals surface area (Å²) in [5, 5.41) is 2.71. The highest BCUT2D eigenvalue weighted by molar-refractivity contribution is 9.09. The lowest BCUT2D eigenvalue weighted by atomic mass is 10.2. The highest BCUT2D eigenvalue weighted by atomic mass is 79.9. The monoisotopic (exact) mass is 259 g/mol. The maximum atomic E-state index is 12.5. The Labute approximate surface area is 90.6 Å². The van der Waals surface area contributed by atoms with Crippen molar-refractivity contribution >= 4 is 21.8 Å². The molecule has 1 N–H and O–H groups in total. The zero-order valence-electron chi connectivity index (χ0n) is 7.76. The Bertz CT molecular complexity index is 310. The lowest BCUT2D eigenvalue weighted by molar-refractivity contribution is 0.0954. The van der Waals surface area contributed by atoms with Gasteiger partial charge in [0.2, 0.25) is 0 Å². The van der Waals surface area contributed by atoms with Crippen molar-refractivity contribution in [3.8, 4) is 0 Å². The summed E-state index contributed by atoms with van der Waals surface area (Å²) >= 11 is 3.31. The van der Waals surface area contributed by atoms with Gasteiger partial charge >= 0.3 is 0 Å². The summed E-state index contributed by atoms with van der Waals surface area (Å²) in [7, 11) is 0. The van der Waals surface area contributed by atoms with Gasteiger partial charge in [-0.1, -0.05) is 22.9 Å². The summed E-state index contributed by atoms with van der Waals surface area (Å²) in [6.07, 6.45) is 0. The Morgan fingerprint density at radius 1 is 1.50 bits per heavy atom. The predicted molar refractivity (Wildman–Crippen MR) is 57.1 cm³/mol. The van der Waals surface area contributed by atoms with Gasteiger partial charge in [0.1, 0.15) is 5.82 Å². The Hall–Kier alpha value is -0.900. The molecule has 0 saturated heterocycles. The quantitative estimate of drug-likeness (QED) is 0.830. The van der Waals surface area contributed by atoms with Gasteiger partial charge in [0.15, 0.2) is 0 Å². The SMILES string of the molecule is CC(Br)CNC(=O)c1ccc(F)cc1. The third kappa shape index (κ3) is 3.46. The molecule has 0 heterocycles. The van der Waals surface area contributed by atoms with Crippen molar-refractivity contribution < 1.29 is 9.18 Å². The standard InChI is InChI=1S/C10H11BrFNO/c1-7(11)6-13-10(14)8-2-4-9(12)5-3-8/h2-5,7H,6H2,1H3,(H,13,14). The van der Waals surface area contributed by atoms with Crippen molar-refractivity contribution in [3.63, 3.8) is 0 Å². The Morgan fingerprint density at radius 3 is 2.57 bits per heavy atom. The molecule has 0 saturated carbocycles. The van der Waals surface area contributed by atoms with Gasteiger partial charge in [0, 0.05) is 16.9 Å². The molecule has 1 aromatic rings. The van der Waals surface area contributed by atoms with Crippen molar-refractivity contribution in [1.29, 1.82) is 0 Å². The Morgan fingerprint density at radius 2 is 2.07 bits per heavy atom. The van der Waals surface area contributed by atoms with Crippen LogP contribution in [0.3, 0.4) is 0 Å². The summed E-state index contributed by atoms with van der Waals surface area (Å²) in [6, 6.07) is 5.46. The van der Waals surface area contributed by atoms with Crippen LogP contribution in [0.25, 0.3) is 0 Å². The van der Waals surface area contributed by atoms with Gasteiger partial charge in [-0.3, -0.25) is 4.79 Å². The van der Waals surface area contributed by atoms with E-state index < -0.39 is 0 Å². The molecule has 0 spiro atoms. The molecule has 0 fully saturated rings. The molecular weight excluding hydrogens is 249 g/mol. The zero-order valence-corrected chi connectivity index (χ0v) is 9.34. The third-order valence-electron chi connectivity index (χ3n) is 1.65. The molecule has 0 bridgehead atoms. The van der Waals surface area contributed by atoms with E-state index in [1.165, 1.54) is 24.3 Å². The Balaban J connectivity index is 2.57. The first-order chi connectivity index (χ1) is 6.59. The van der Waals surface area contributed by atoms with Crippen LogP contribution in [0.15, 0.2) is 24.3 Å². The number of alkyl halides is 1. The summed E-state index contributed by atoms with van der Waals surface area (Å²) in [4.78, 5) is 11.6. The van der Waals surface area contributed by atoms with E-state index >= 15 is 0 Å². The van der Waals surface area contributed by atoms with Gasteiger partial charge in [-0.15, -0.1) is 0 Å². The Kier molecular flexibility index (Phi) is 4.07. The molecule has 14 heavy (non-hydrogen) atoms. The predicted octanol–water partition coefficient (Wildman–Crippen LogP) is 2.34. The number of carbonyl (C=O) groups excluding carboxylic acids is 1. The molecule has 76 valence electrons. The fourth-order valence-corrected chi connectivity index (χ4v) is 1.10. The number of hydrogen-bond acceptors (Lipinski definition) is 1. The zero-order chi connectivity index (χ0) is 10.6. The molecule has 1 unspecified atom stereocenters. The van der Waals surface area contributed by atoms with E-state index in [0.717, 1.165) is 0 Å². The number of hydrogen-bond donors (Lipinski definition) is 1. The fraction of sp³-hybridized carbons (Fsp3) is 0.300. The number of rotatable bonds is 3. The molecule has 0 aliphatic rings. The molecule has 0 aromatic heterocycles. The van der Waals surface area contributed by atoms with Crippen LogP contribution >= 0.6 is 15.9 Å². The number of halogens is 2. The second-order valence-corrected chi connectivity index (χ2v) is 4.56. The van der Waals surface area contributed by atoms with Crippen LogP contribution in [-0.4, -0.2) is 17.3 Å². The van der Waals surface area contributed by atoms with E-state index in [4.69, 9.17) is 0 Å². The lowest BCUT2D eigenvalue weighted by Gasteiger charge is -2.06. The minimum Gasteiger partial charge on any atom is -0.351 e. The maximum Gasteiger partial charge on any atom is 0.251 e. The molecule has 0 aliphatic heterocycles. The van der Waals surface area contributed by atoms with Gasteiger partial charge in [-0.25, -0.2) is 4.39 Å². The topological polar surface area (TPSA) is 29.1 Å². The summed E-state index contributed by atoms with van der Waals surface area (Å²) in [5.41, 5.74) is 0.472. The highest BCUT2D eigenvalue weighted by Gasteiger charge is 2.05. The summed E-state index contributed by atoms with van der Waals surface area (Å²) in [5.74, 6) is -0.522. The van der Waals surface area contributed by atoms with Gasteiger partial charge in [-0.2, -0.15) is 0 Å². The molecule has 1 atom stereocenters. The van der Waals surface area contributed by atoms with Crippen LogP contribution in [0.5, 0.6) is 0 Å². The van der Waals surface area contributed by atoms with Crippen LogP contribution < -0.4 is 5.32 Å². The van der Waals surface area contributed by atoms with Crippen LogP contribution in [0.2, 0.25) is 0 Å². The van der Waals surface area contributed by atoms with E-state index in [1.54, 1.807) is 0 Å². The molecule has 1 amide bonds. The first-order valence-electron chi connectivity index (χ1n) is 4.27. The number of carbonyl (C=O) groups is 1. The molecule has 1 aromatic carbocycles. The largest absolute Gasteiger partial charge is 0.351 e. The van der Waals surface area contributed by atoms with Crippen LogP contribution in [0.4, 0.5) is 4.39 Å². The average Bonchev–Trinajstić information content (AvgIpc) is 2.15. The maximum absolute atomic E-state index is 12.5. The van der Waals surface area contributed by atoms with Crippen molar-refractivity contribution in [2.45, 2.75) is 11.8 Å². The first kappa shape index (κ1) is 11.2. The minimum absolute atomic E-state index is 0.184. The van der Waals surface area contributed by atoms with E-state index in [2.05, 4.69) is 21.2 Å². The van der Waals surface area contributed by atoms with E-state index in [9.17, 15) is 9.18 Å². The van der Waals surface area contributed by atoms with Crippen LogP contribution in [0.1, 0.15) is 17.3 Å². The fourth-order valence-electron chi connectivity index (χ4n) is 0.937. The van der Waals surface area contributed by atoms with Crippen molar-refractivity contribution in [3.05, 3.63) is 35.6 Å². The van der Waals surface area contributed by atoms with E-state index in [0.29, 0.717) is 12.1 Å². The van der Waals surface area contributed by atoms with Gasteiger partial charge in [-0.05, 0) is 24.3 Å². The molecule has 0 aliphatic carbocycles. The third-order valence-corrected chi connectivity index (χ3v) is 1.97. The van der Waals surface area contributed by atoms with Gasteiger partial charge in [0.05, 0.1) is 0 Å². The minimum atomic E-state index is -0.338. The molecule has 0 radical (unpaired) electrons. The van der Waals surface area contributed by atoms with Crippen molar-refractivity contribution in [2.24, 2.45) is 0 Å². The number of nitrogens with one attached hydrogen (secondary N) is 1. The number of benzene rings is 1. The van der Waals surface area contributed by atoms with Crippen LogP contribution in [0, 0.1) is 5.82 Å². The molecular formula is C10H11BrFNO. The number of amides is 1. The van der Waals surface area contributed by atoms with Crippen molar-refractivity contribution in [2.75, 3.05) is 6.54 Å². The van der Waals surface area contributed by atoms with Gasteiger partial charge in [0.25, 0.3) is 5.91 Å². The normalized spacial score (nSPS) is 12.2. The second-order valence-electron chi connectivity index (χ2n) is 3.00. The highest BCUT2D eigenvalue weighted by Crippen LogP contribution is 2.03. The van der Waals surface area contributed by atoms with E-state index in [-0.39, 0.29) is 16.6 Å². The van der Waals surface area contributed by atoms with Crippen molar-refractivity contribution in [1.82, 2.24) is 5.32 Å². The first-order valence-corrected chi connectivity index (χ1v) is 5.19. The lowest BCUT2D eigenvalue weighted by Crippen LogP contribution is -2.28. The van der Waals surface area contributed by atoms with Gasteiger partial charge < -0.3 is 5.32 Å². The smallest absolute Gasteiger partial charge is 0.251 e. The average molecular weight is 260 g/mol. The summed E-state index contributed by atoms with van der Waals surface area (Å²) < 4.78 is 12.5. The van der Waals surface area contributed by atoms with E-state index in [1.807, 2.05) is 6.92 Å². The second kappa shape index (κ2) is 5.10. The summed E-state index contributed by atoms with van der Waals surface area (Å²) in [6.45, 7) is 2.49. The molecule has 1 rings (SSSR count).